The Bertz CT molecular complexity index is 326. The van der Waals surface area contributed by atoms with Gasteiger partial charge in [0.1, 0.15) is 0 Å². The predicted molar refractivity (Wildman–Crippen MR) is 86.4 cm³/mol. The fourth-order valence-electron chi connectivity index (χ4n) is 3.98. The third kappa shape index (κ3) is 3.47. The van der Waals surface area contributed by atoms with Gasteiger partial charge in [-0.1, -0.05) is 38.5 Å². The quantitative estimate of drug-likeness (QED) is 0.708. The van der Waals surface area contributed by atoms with Crippen molar-refractivity contribution in [2.45, 2.75) is 82.7 Å². The molecule has 1 aliphatic heterocycles. The van der Waals surface area contributed by atoms with Crippen molar-refractivity contribution < 1.29 is 9.05 Å². The molecule has 1 saturated heterocycles. The normalized spacial score (nSPS) is 29.6. The topological polar surface area (TPSA) is 21.7 Å². The predicted octanol–water partition coefficient (Wildman–Crippen LogP) is 4.62. The van der Waals surface area contributed by atoms with E-state index in [0.29, 0.717) is 12.1 Å². The molecule has 0 N–H and O–H groups in total. The van der Waals surface area contributed by atoms with Gasteiger partial charge in [0.25, 0.3) is 6.64 Å². The molecule has 3 nitrogen and oxygen atoms in total. The van der Waals surface area contributed by atoms with Gasteiger partial charge in [-0.05, 0) is 43.9 Å². The molecule has 0 radical (unpaired) electrons. The van der Waals surface area contributed by atoms with Gasteiger partial charge < -0.3 is 9.05 Å². The van der Waals surface area contributed by atoms with Crippen LogP contribution in [0.3, 0.4) is 0 Å². The van der Waals surface area contributed by atoms with Crippen molar-refractivity contribution in [3.8, 4) is 0 Å². The van der Waals surface area contributed by atoms with Gasteiger partial charge in [-0.15, -0.1) is 0 Å². The molecular formula is C15H28NO2PS. The standard InChI is InChI=1S/C15H28NO2PS/c20-19(17-12-7-13-18-19)16(14-8-3-1-4-9-14)15-10-5-2-6-11-15/h14-15H,1-13H2. The van der Waals surface area contributed by atoms with E-state index in [0.717, 1.165) is 19.6 Å². The zero-order chi connectivity index (χ0) is 13.8. The van der Waals surface area contributed by atoms with Gasteiger partial charge in [-0.25, -0.2) is 4.67 Å². The molecule has 0 aromatic heterocycles. The molecule has 0 spiro atoms. The van der Waals surface area contributed by atoms with Crippen LogP contribution in [0.5, 0.6) is 0 Å². The van der Waals surface area contributed by atoms with Crippen molar-refractivity contribution in [3.63, 3.8) is 0 Å². The molecule has 0 aromatic carbocycles. The van der Waals surface area contributed by atoms with Crippen LogP contribution >= 0.6 is 6.64 Å². The molecular weight excluding hydrogens is 289 g/mol. The van der Waals surface area contributed by atoms with E-state index in [9.17, 15) is 0 Å². The minimum atomic E-state index is -2.19. The van der Waals surface area contributed by atoms with E-state index >= 15 is 0 Å². The highest BCUT2D eigenvalue weighted by atomic mass is 32.5. The first-order chi connectivity index (χ1) is 9.80. The van der Waals surface area contributed by atoms with E-state index in [2.05, 4.69) is 4.67 Å². The van der Waals surface area contributed by atoms with Gasteiger partial charge >= 0.3 is 0 Å². The highest BCUT2D eigenvalue weighted by Gasteiger charge is 2.41. The number of hydrogen-bond donors (Lipinski definition) is 0. The second-order valence-corrected chi connectivity index (χ2v) is 9.75. The van der Waals surface area contributed by atoms with Crippen LogP contribution in [0, 0.1) is 0 Å². The Kier molecular flexibility index (Phi) is 5.55. The molecule has 0 unspecified atom stereocenters. The van der Waals surface area contributed by atoms with Gasteiger partial charge in [-0.3, -0.25) is 0 Å². The average Bonchev–Trinajstić information content (AvgIpc) is 2.50. The van der Waals surface area contributed by atoms with E-state index in [1.165, 1.54) is 64.2 Å². The van der Waals surface area contributed by atoms with E-state index in [1.807, 2.05) is 0 Å². The summed E-state index contributed by atoms with van der Waals surface area (Å²) in [4.78, 5) is 0. The van der Waals surface area contributed by atoms with E-state index in [-0.39, 0.29) is 0 Å². The summed E-state index contributed by atoms with van der Waals surface area (Å²) in [5.74, 6) is 0. The van der Waals surface area contributed by atoms with E-state index < -0.39 is 6.64 Å². The van der Waals surface area contributed by atoms with Crippen LogP contribution in [0.15, 0.2) is 0 Å². The average molecular weight is 317 g/mol. The first kappa shape index (κ1) is 15.4. The summed E-state index contributed by atoms with van der Waals surface area (Å²) >= 11 is 5.93. The smallest absolute Gasteiger partial charge is 0.264 e. The molecule has 2 aliphatic carbocycles. The van der Waals surface area contributed by atoms with E-state index in [4.69, 9.17) is 20.9 Å². The maximum Gasteiger partial charge on any atom is 0.264 e. The third-order valence-electron chi connectivity index (χ3n) is 4.98. The van der Waals surface area contributed by atoms with Crippen LogP contribution in [-0.4, -0.2) is 30.0 Å². The van der Waals surface area contributed by atoms with E-state index in [1.54, 1.807) is 0 Å². The summed E-state index contributed by atoms with van der Waals surface area (Å²) in [5.41, 5.74) is 0. The van der Waals surface area contributed by atoms with Crippen molar-refractivity contribution in [2.24, 2.45) is 0 Å². The summed E-state index contributed by atoms with van der Waals surface area (Å²) in [5, 5.41) is 0. The van der Waals surface area contributed by atoms with Crippen molar-refractivity contribution in [3.05, 3.63) is 0 Å². The molecule has 20 heavy (non-hydrogen) atoms. The maximum absolute atomic E-state index is 6.06. The zero-order valence-electron chi connectivity index (χ0n) is 12.5. The van der Waals surface area contributed by atoms with Crippen molar-refractivity contribution in [2.75, 3.05) is 13.2 Å². The highest BCUT2D eigenvalue weighted by molar-refractivity contribution is 8.08. The Morgan fingerprint density at radius 1 is 0.700 bits per heavy atom. The summed E-state index contributed by atoms with van der Waals surface area (Å²) in [6, 6.07) is 1.24. The molecule has 0 amide bonds. The third-order valence-corrected chi connectivity index (χ3v) is 8.41. The fraction of sp³-hybridized carbons (Fsp3) is 1.00. The van der Waals surface area contributed by atoms with Gasteiger partial charge in [0, 0.05) is 12.1 Å². The molecule has 0 bridgehead atoms. The molecule has 116 valence electrons. The molecule has 2 saturated carbocycles. The molecule has 0 aromatic rings. The molecule has 3 rings (SSSR count). The van der Waals surface area contributed by atoms with Crippen LogP contribution < -0.4 is 0 Å². The van der Waals surface area contributed by atoms with Gasteiger partial charge in [-0.2, -0.15) is 0 Å². The molecule has 3 fully saturated rings. The number of hydrogen-bond acceptors (Lipinski definition) is 3. The molecule has 3 aliphatic rings. The molecule has 0 atom stereocenters. The van der Waals surface area contributed by atoms with Crippen LogP contribution in [0.1, 0.15) is 70.6 Å². The fourth-order valence-corrected chi connectivity index (χ4v) is 7.55. The van der Waals surface area contributed by atoms with Crippen LogP contribution in [-0.2, 0) is 20.9 Å². The second kappa shape index (κ2) is 7.19. The SMILES string of the molecule is S=P1(N(C2CCCCC2)C2CCCCC2)OCCCO1. The van der Waals surface area contributed by atoms with Gasteiger partial charge in [0.2, 0.25) is 0 Å². The summed E-state index contributed by atoms with van der Waals surface area (Å²) in [6.07, 6.45) is 14.4. The van der Waals surface area contributed by atoms with Crippen LogP contribution in [0.25, 0.3) is 0 Å². The van der Waals surface area contributed by atoms with Crippen molar-refractivity contribution in [1.82, 2.24) is 4.67 Å². The second-order valence-electron chi connectivity index (χ2n) is 6.45. The molecule has 5 heteroatoms. The monoisotopic (exact) mass is 317 g/mol. The lowest BCUT2D eigenvalue weighted by Crippen LogP contribution is -2.44. The van der Waals surface area contributed by atoms with Crippen molar-refractivity contribution in [1.29, 1.82) is 0 Å². The Labute approximate surface area is 128 Å². The number of nitrogens with zero attached hydrogens (tertiary/aromatic N) is 1. The Hall–Kier alpha value is 0.530. The Morgan fingerprint density at radius 2 is 1.15 bits per heavy atom. The lowest BCUT2D eigenvalue weighted by molar-refractivity contribution is 0.0914. The largest absolute Gasteiger partial charge is 0.318 e. The zero-order valence-corrected chi connectivity index (χ0v) is 14.2. The summed E-state index contributed by atoms with van der Waals surface area (Å²) in [6.45, 7) is -0.596. The van der Waals surface area contributed by atoms with Crippen molar-refractivity contribution >= 4 is 18.4 Å². The highest BCUT2D eigenvalue weighted by Crippen LogP contribution is 2.59. The Balaban J connectivity index is 1.79. The van der Waals surface area contributed by atoms with Crippen LogP contribution in [0.4, 0.5) is 0 Å². The number of rotatable bonds is 3. The first-order valence-corrected chi connectivity index (χ1v) is 11.1. The maximum atomic E-state index is 6.06. The minimum absolute atomic E-state index is 0.621. The molecule has 1 heterocycles. The van der Waals surface area contributed by atoms with Gasteiger partial charge in [0.15, 0.2) is 0 Å². The lowest BCUT2D eigenvalue weighted by atomic mass is 9.91. The van der Waals surface area contributed by atoms with Crippen LogP contribution in [0.2, 0.25) is 0 Å². The Morgan fingerprint density at radius 3 is 1.60 bits per heavy atom. The minimum Gasteiger partial charge on any atom is -0.318 e. The lowest BCUT2D eigenvalue weighted by Gasteiger charge is -2.47. The first-order valence-electron chi connectivity index (χ1n) is 8.47. The summed E-state index contributed by atoms with van der Waals surface area (Å²) < 4.78 is 14.7. The van der Waals surface area contributed by atoms with Gasteiger partial charge in [0.05, 0.1) is 13.2 Å². The summed E-state index contributed by atoms with van der Waals surface area (Å²) in [7, 11) is 0.